The van der Waals surface area contributed by atoms with E-state index in [4.69, 9.17) is 10.5 Å². The molecule has 0 radical (unpaired) electrons. The molecule has 0 saturated heterocycles. The zero-order valence-corrected chi connectivity index (χ0v) is 12.4. The summed E-state index contributed by atoms with van der Waals surface area (Å²) >= 11 is 0. The third-order valence-electron chi connectivity index (χ3n) is 2.75. The van der Waals surface area contributed by atoms with E-state index < -0.39 is 0 Å². The van der Waals surface area contributed by atoms with Crippen LogP contribution in [0.2, 0.25) is 0 Å². The van der Waals surface area contributed by atoms with Crippen molar-refractivity contribution < 1.29 is 14.3 Å². The van der Waals surface area contributed by atoms with Crippen molar-refractivity contribution >= 4 is 17.5 Å². The molecule has 0 bridgehead atoms. The fourth-order valence-electron chi connectivity index (χ4n) is 1.62. The van der Waals surface area contributed by atoms with E-state index in [0.29, 0.717) is 24.5 Å². The summed E-state index contributed by atoms with van der Waals surface area (Å²) in [6.07, 6.45) is 1.42. The van der Waals surface area contributed by atoms with Crippen LogP contribution in [0.15, 0.2) is 24.3 Å². The van der Waals surface area contributed by atoms with Crippen LogP contribution in [0.1, 0.15) is 26.2 Å². The largest absolute Gasteiger partial charge is 0.491 e. The monoisotopic (exact) mass is 293 g/mol. The second-order valence-corrected chi connectivity index (χ2v) is 4.59. The second-order valence-electron chi connectivity index (χ2n) is 4.59. The number of hydrogen-bond donors (Lipinski definition) is 3. The van der Waals surface area contributed by atoms with Gasteiger partial charge in [-0.1, -0.05) is 19.1 Å². The highest BCUT2D eigenvalue weighted by Crippen LogP contribution is 2.19. The minimum Gasteiger partial charge on any atom is -0.491 e. The average Bonchev–Trinajstić information content (AvgIpc) is 2.47. The van der Waals surface area contributed by atoms with E-state index in [2.05, 4.69) is 10.6 Å². The van der Waals surface area contributed by atoms with E-state index >= 15 is 0 Å². The van der Waals surface area contributed by atoms with Crippen molar-refractivity contribution in [2.24, 2.45) is 0 Å². The molecule has 1 aromatic rings. The number of rotatable bonds is 9. The Morgan fingerprint density at radius 2 is 1.76 bits per heavy atom. The molecule has 0 fully saturated rings. The van der Waals surface area contributed by atoms with Crippen LogP contribution in [0, 0.1) is 0 Å². The van der Waals surface area contributed by atoms with Crippen molar-refractivity contribution in [2.75, 3.05) is 25.4 Å². The molecule has 0 unspecified atom stereocenters. The lowest BCUT2D eigenvalue weighted by Crippen LogP contribution is -2.31. The van der Waals surface area contributed by atoms with Crippen LogP contribution < -0.4 is 21.1 Å². The normalized spacial score (nSPS) is 9.95. The molecule has 6 nitrogen and oxygen atoms in total. The van der Waals surface area contributed by atoms with Crippen LogP contribution in [0.25, 0.3) is 0 Å². The third-order valence-corrected chi connectivity index (χ3v) is 2.75. The highest BCUT2D eigenvalue weighted by Gasteiger charge is 2.05. The molecule has 0 aliphatic heterocycles. The van der Waals surface area contributed by atoms with Gasteiger partial charge < -0.3 is 21.1 Å². The number of carbonyl (C=O) groups excluding carboxylic acids is 2. The second kappa shape index (κ2) is 9.63. The van der Waals surface area contributed by atoms with Crippen molar-refractivity contribution in [1.29, 1.82) is 0 Å². The number of ether oxygens (including phenoxy) is 1. The van der Waals surface area contributed by atoms with Gasteiger partial charge in [-0.05, 0) is 18.6 Å². The van der Waals surface area contributed by atoms with Gasteiger partial charge in [0.25, 0.3) is 0 Å². The molecule has 0 aromatic heterocycles. The number of hydrogen-bond acceptors (Lipinski definition) is 4. The number of para-hydroxylation sites is 2. The van der Waals surface area contributed by atoms with Crippen molar-refractivity contribution in [3.05, 3.63) is 24.3 Å². The summed E-state index contributed by atoms with van der Waals surface area (Å²) in [6.45, 7) is 3.24. The zero-order chi connectivity index (χ0) is 15.5. The first-order valence-electron chi connectivity index (χ1n) is 7.14. The number of nitrogens with one attached hydrogen (secondary N) is 2. The fraction of sp³-hybridized carbons (Fsp3) is 0.467. The molecule has 0 atom stereocenters. The Kier molecular flexibility index (Phi) is 7.71. The van der Waals surface area contributed by atoms with Gasteiger partial charge >= 0.3 is 0 Å². The highest BCUT2D eigenvalue weighted by molar-refractivity contribution is 5.79. The van der Waals surface area contributed by atoms with Crippen LogP contribution in [-0.2, 0) is 9.59 Å². The van der Waals surface area contributed by atoms with Gasteiger partial charge in [0, 0.05) is 19.5 Å². The first kappa shape index (κ1) is 16.8. The van der Waals surface area contributed by atoms with Gasteiger partial charge in [-0.25, -0.2) is 0 Å². The van der Waals surface area contributed by atoms with Crippen molar-refractivity contribution in [3.63, 3.8) is 0 Å². The molecule has 1 aromatic carbocycles. The Bertz CT molecular complexity index is 463. The summed E-state index contributed by atoms with van der Waals surface area (Å²) in [5, 5.41) is 5.43. The topological polar surface area (TPSA) is 93.5 Å². The zero-order valence-electron chi connectivity index (χ0n) is 12.4. The van der Waals surface area contributed by atoms with Crippen LogP contribution in [0.3, 0.4) is 0 Å². The summed E-state index contributed by atoms with van der Waals surface area (Å²) < 4.78 is 5.42. The number of anilines is 1. The van der Waals surface area contributed by atoms with E-state index in [0.717, 1.165) is 6.42 Å². The highest BCUT2D eigenvalue weighted by atomic mass is 16.5. The molecule has 2 amide bonds. The molecule has 0 aliphatic rings. The van der Waals surface area contributed by atoms with Crippen molar-refractivity contribution in [1.82, 2.24) is 10.6 Å². The number of amides is 2. The third kappa shape index (κ3) is 7.20. The number of nitrogen functional groups attached to an aromatic ring is 1. The summed E-state index contributed by atoms with van der Waals surface area (Å²) in [5.74, 6) is 0.377. The quantitative estimate of drug-likeness (QED) is 0.594. The number of carbonyl (C=O) groups is 2. The smallest absolute Gasteiger partial charge is 0.223 e. The molecule has 1 rings (SSSR count). The first-order chi connectivity index (χ1) is 10.1. The van der Waals surface area contributed by atoms with E-state index in [9.17, 15) is 9.59 Å². The van der Waals surface area contributed by atoms with Gasteiger partial charge in [-0.2, -0.15) is 0 Å². The molecule has 6 heteroatoms. The standard InChI is InChI=1S/C15H23N3O3/c1-2-9-17-14(19)7-10-18-15(20)8-11-21-13-6-4-3-5-12(13)16/h3-6H,2,7-11,16H2,1H3,(H,17,19)(H,18,20). The molecular formula is C15H23N3O3. The molecule has 0 saturated carbocycles. The van der Waals surface area contributed by atoms with Gasteiger partial charge in [0.1, 0.15) is 5.75 Å². The lowest BCUT2D eigenvalue weighted by Gasteiger charge is -2.09. The van der Waals surface area contributed by atoms with Crippen molar-refractivity contribution in [3.8, 4) is 5.75 Å². The maximum Gasteiger partial charge on any atom is 0.223 e. The van der Waals surface area contributed by atoms with Crippen LogP contribution in [-0.4, -0.2) is 31.5 Å². The Balaban J connectivity index is 2.12. The van der Waals surface area contributed by atoms with Crippen LogP contribution in [0.5, 0.6) is 5.75 Å². The Labute approximate surface area is 125 Å². The summed E-state index contributed by atoms with van der Waals surface area (Å²) in [4.78, 5) is 22.9. The minimum absolute atomic E-state index is 0.0505. The molecule has 116 valence electrons. The Hall–Kier alpha value is -2.24. The van der Waals surface area contributed by atoms with Gasteiger partial charge in [-0.15, -0.1) is 0 Å². The molecule has 4 N–H and O–H groups in total. The van der Waals surface area contributed by atoms with E-state index in [1.807, 2.05) is 19.1 Å². The van der Waals surface area contributed by atoms with Gasteiger partial charge in [0.05, 0.1) is 18.7 Å². The van der Waals surface area contributed by atoms with Crippen molar-refractivity contribution in [2.45, 2.75) is 26.2 Å². The number of benzene rings is 1. The Morgan fingerprint density at radius 3 is 2.48 bits per heavy atom. The van der Waals surface area contributed by atoms with Gasteiger partial charge in [-0.3, -0.25) is 9.59 Å². The first-order valence-corrected chi connectivity index (χ1v) is 7.14. The predicted octanol–water partition coefficient (Wildman–Crippen LogP) is 1.07. The minimum atomic E-state index is -0.146. The molecule has 21 heavy (non-hydrogen) atoms. The Morgan fingerprint density at radius 1 is 1.10 bits per heavy atom. The average molecular weight is 293 g/mol. The van der Waals surface area contributed by atoms with Crippen LogP contribution in [0.4, 0.5) is 5.69 Å². The number of nitrogens with two attached hydrogens (primary N) is 1. The SMILES string of the molecule is CCCNC(=O)CCNC(=O)CCOc1ccccc1N. The summed E-state index contributed by atoms with van der Waals surface area (Å²) in [7, 11) is 0. The lowest BCUT2D eigenvalue weighted by molar-refractivity contribution is -0.122. The summed E-state index contributed by atoms with van der Waals surface area (Å²) in [6, 6.07) is 7.13. The van der Waals surface area contributed by atoms with E-state index in [1.54, 1.807) is 12.1 Å². The fourth-order valence-corrected chi connectivity index (χ4v) is 1.62. The lowest BCUT2D eigenvalue weighted by atomic mass is 10.3. The molecular weight excluding hydrogens is 270 g/mol. The van der Waals surface area contributed by atoms with Crippen LogP contribution >= 0.6 is 0 Å². The van der Waals surface area contributed by atoms with Gasteiger partial charge in [0.2, 0.25) is 11.8 Å². The maximum absolute atomic E-state index is 11.6. The summed E-state index contributed by atoms with van der Waals surface area (Å²) in [5.41, 5.74) is 6.27. The molecule has 0 heterocycles. The van der Waals surface area contributed by atoms with E-state index in [1.165, 1.54) is 0 Å². The van der Waals surface area contributed by atoms with Gasteiger partial charge in [0.15, 0.2) is 0 Å². The van der Waals surface area contributed by atoms with E-state index in [-0.39, 0.29) is 31.3 Å². The molecule has 0 aliphatic carbocycles. The molecule has 0 spiro atoms. The predicted molar refractivity (Wildman–Crippen MR) is 81.9 cm³/mol. The maximum atomic E-state index is 11.6.